The van der Waals surface area contributed by atoms with Crippen LogP contribution in [0, 0.1) is 19.8 Å². The van der Waals surface area contributed by atoms with E-state index in [0.717, 1.165) is 10.2 Å². The molecule has 0 fully saturated rings. The van der Waals surface area contributed by atoms with Crippen molar-refractivity contribution in [2.24, 2.45) is 5.92 Å². The molecule has 1 rings (SSSR count). The zero-order valence-corrected chi connectivity index (χ0v) is 13.6. The minimum atomic E-state index is 0.318. The fourth-order valence-corrected chi connectivity index (χ4v) is 2.92. The zero-order valence-electron chi connectivity index (χ0n) is 10.4. The molecule has 0 heterocycles. The second-order valence-corrected chi connectivity index (χ2v) is 6.23. The van der Waals surface area contributed by atoms with Gasteiger partial charge in [0.2, 0.25) is 0 Å². The number of halogens is 2. The minimum absolute atomic E-state index is 0.318. The number of rotatable bonds is 3. The van der Waals surface area contributed by atoms with E-state index in [9.17, 15) is 0 Å². The van der Waals surface area contributed by atoms with Crippen LogP contribution in [-0.4, -0.2) is 7.11 Å². The van der Waals surface area contributed by atoms with Gasteiger partial charge in [0.05, 0.1) is 7.11 Å². The Morgan fingerprint density at radius 3 is 2.25 bits per heavy atom. The predicted octanol–water partition coefficient (Wildman–Crippen LogP) is 5.17. The van der Waals surface area contributed by atoms with Crippen molar-refractivity contribution < 1.29 is 4.74 Å². The number of methoxy groups -OCH3 is 1. The number of aryl methyl sites for hydroxylation is 1. The lowest BCUT2D eigenvalue weighted by Gasteiger charge is -2.22. The van der Waals surface area contributed by atoms with Crippen molar-refractivity contribution in [1.82, 2.24) is 0 Å². The molecule has 16 heavy (non-hydrogen) atoms. The van der Waals surface area contributed by atoms with Crippen LogP contribution in [0.2, 0.25) is 0 Å². The highest BCUT2D eigenvalue weighted by atomic mass is 79.9. The number of alkyl halides is 1. The Labute approximate surface area is 115 Å². The third-order valence-corrected chi connectivity index (χ3v) is 5.11. The van der Waals surface area contributed by atoms with E-state index in [4.69, 9.17) is 4.74 Å². The standard InChI is InChI=1S/C13H18Br2O/c1-7(2)12(15)11-9(4)10(14)6-8(3)13(11)16-5/h6-7,12H,1-5H3. The highest BCUT2D eigenvalue weighted by Gasteiger charge is 2.22. The highest BCUT2D eigenvalue weighted by Crippen LogP contribution is 2.42. The first-order chi connectivity index (χ1) is 7.40. The molecule has 90 valence electrons. The molecule has 0 radical (unpaired) electrons. The normalized spacial score (nSPS) is 13.0. The van der Waals surface area contributed by atoms with Crippen LogP contribution in [0.3, 0.4) is 0 Å². The molecule has 0 amide bonds. The molecule has 0 aliphatic heterocycles. The lowest BCUT2D eigenvalue weighted by Crippen LogP contribution is -2.06. The molecule has 0 aromatic heterocycles. The molecule has 1 atom stereocenters. The van der Waals surface area contributed by atoms with Crippen LogP contribution < -0.4 is 4.74 Å². The molecule has 0 saturated heterocycles. The Morgan fingerprint density at radius 1 is 1.25 bits per heavy atom. The molecule has 1 aromatic carbocycles. The van der Waals surface area contributed by atoms with Crippen LogP contribution in [0.4, 0.5) is 0 Å². The summed E-state index contributed by atoms with van der Waals surface area (Å²) in [5.74, 6) is 1.53. The number of ether oxygens (including phenoxy) is 1. The Balaban J connectivity index is 3.44. The van der Waals surface area contributed by atoms with Crippen molar-refractivity contribution in [3.8, 4) is 5.75 Å². The summed E-state index contributed by atoms with van der Waals surface area (Å²) in [6, 6.07) is 2.11. The maximum Gasteiger partial charge on any atom is 0.126 e. The van der Waals surface area contributed by atoms with Crippen LogP contribution >= 0.6 is 31.9 Å². The van der Waals surface area contributed by atoms with Crippen LogP contribution in [-0.2, 0) is 0 Å². The van der Waals surface area contributed by atoms with Gasteiger partial charge in [0.15, 0.2) is 0 Å². The third kappa shape index (κ3) is 2.62. The second-order valence-electron chi connectivity index (χ2n) is 4.39. The van der Waals surface area contributed by atoms with E-state index in [1.807, 2.05) is 0 Å². The summed E-state index contributed by atoms with van der Waals surface area (Å²) < 4.78 is 6.68. The van der Waals surface area contributed by atoms with Gasteiger partial charge < -0.3 is 4.74 Å². The van der Waals surface area contributed by atoms with E-state index in [1.54, 1.807) is 7.11 Å². The van der Waals surface area contributed by atoms with E-state index in [1.165, 1.54) is 16.7 Å². The molecular weight excluding hydrogens is 332 g/mol. The summed E-state index contributed by atoms with van der Waals surface area (Å²) >= 11 is 7.36. The van der Waals surface area contributed by atoms with Crippen LogP contribution in [0.15, 0.2) is 10.5 Å². The van der Waals surface area contributed by atoms with Gasteiger partial charge in [0.1, 0.15) is 5.75 Å². The molecule has 0 aliphatic carbocycles. The molecule has 0 spiro atoms. The fraction of sp³-hybridized carbons (Fsp3) is 0.538. The van der Waals surface area contributed by atoms with Gasteiger partial charge in [-0.25, -0.2) is 0 Å². The van der Waals surface area contributed by atoms with Gasteiger partial charge >= 0.3 is 0 Å². The Bertz CT molecular complexity index is 386. The average Bonchev–Trinajstić information content (AvgIpc) is 2.21. The van der Waals surface area contributed by atoms with Crippen molar-refractivity contribution in [1.29, 1.82) is 0 Å². The lowest BCUT2D eigenvalue weighted by atomic mass is 9.95. The first-order valence-corrected chi connectivity index (χ1v) is 7.08. The summed E-state index contributed by atoms with van der Waals surface area (Å²) in [5.41, 5.74) is 3.67. The summed E-state index contributed by atoms with van der Waals surface area (Å²) in [4.78, 5) is 0.318. The highest BCUT2D eigenvalue weighted by molar-refractivity contribution is 9.10. The Morgan fingerprint density at radius 2 is 1.81 bits per heavy atom. The summed E-state index contributed by atoms with van der Waals surface area (Å²) in [7, 11) is 1.74. The first-order valence-electron chi connectivity index (χ1n) is 5.37. The monoisotopic (exact) mass is 348 g/mol. The van der Waals surface area contributed by atoms with E-state index >= 15 is 0 Å². The smallest absolute Gasteiger partial charge is 0.126 e. The molecule has 0 bridgehead atoms. The van der Waals surface area contributed by atoms with E-state index < -0.39 is 0 Å². The molecule has 1 unspecified atom stereocenters. The topological polar surface area (TPSA) is 9.23 Å². The lowest BCUT2D eigenvalue weighted by molar-refractivity contribution is 0.402. The molecule has 3 heteroatoms. The van der Waals surface area contributed by atoms with Gasteiger partial charge in [0.25, 0.3) is 0 Å². The van der Waals surface area contributed by atoms with Crippen molar-refractivity contribution >= 4 is 31.9 Å². The van der Waals surface area contributed by atoms with Gasteiger partial charge in [-0.05, 0) is 37.0 Å². The Hall–Kier alpha value is -0.0200. The van der Waals surface area contributed by atoms with E-state index in [2.05, 4.69) is 65.6 Å². The van der Waals surface area contributed by atoms with Gasteiger partial charge in [0, 0.05) is 14.9 Å². The van der Waals surface area contributed by atoms with E-state index in [0.29, 0.717) is 10.7 Å². The second kappa shape index (κ2) is 5.54. The molecular formula is C13H18Br2O. The summed E-state index contributed by atoms with van der Waals surface area (Å²) in [6.45, 7) is 8.60. The van der Waals surface area contributed by atoms with Crippen LogP contribution in [0.1, 0.15) is 35.4 Å². The van der Waals surface area contributed by atoms with E-state index in [-0.39, 0.29) is 0 Å². The van der Waals surface area contributed by atoms with Gasteiger partial charge in [-0.3, -0.25) is 0 Å². The number of hydrogen-bond acceptors (Lipinski definition) is 1. The average molecular weight is 350 g/mol. The molecule has 0 saturated carbocycles. The summed E-state index contributed by atoms with van der Waals surface area (Å²) in [5, 5.41) is 0. The maximum atomic E-state index is 5.53. The predicted molar refractivity (Wildman–Crippen MR) is 76.7 cm³/mol. The maximum absolute atomic E-state index is 5.53. The SMILES string of the molecule is COc1c(C)cc(Br)c(C)c1C(Br)C(C)C. The van der Waals surface area contributed by atoms with Crippen molar-refractivity contribution in [3.05, 3.63) is 27.2 Å². The molecule has 1 aromatic rings. The minimum Gasteiger partial charge on any atom is -0.496 e. The van der Waals surface area contributed by atoms with Gasteiger partial charge in [-0.2, -0.15) is 0 Å². The zero-order chi connectivity index (χ0) is 12.5. The molecule has 0 N–H and O–H groups in total. The first kappa shape index (κ1) is 14.0. The quantitative estimate of drug-likeness (QED) is 0.684. The van der Waals surface area contributed by atoms with Gasteiger partial charge in [-0.15, -0.1) is 0 Å². The summed E-state index contributed by atoms with van der Waals surface area (Å²) in [6.07, 6.45) is 0. The molecule has 0 aliphatic rings. The molecule has 1 nitrogen and oxygen atoms in total. The number of benzene rings is 1. The van der Waals surface area contributed by atoms with Crippen molar-refractivity contribution in [2.75, 3.05) is 7.11 Å². The Kier molecular flexibility index (Phi) is 4.87. The number of hydrogen-bond donors (Lipinski definition) is 0. The van der Waals surface area contributed by atoms with Crippen molar-refractivity contribution in [2.45, 2.75) is 32.5 Å². The van der Waals surface area contributed by atoms with Gasteiger partial charge in [-0.1, -0.05) is 45.7 Å². The fourth-order valence-electron chi connectivity index (χ4n) is 1.81. The largest absolute Gasteiger partial charge is 0.496 e. The third-order valence-electron chi connectivity index (χ3n) is 2.77. The van der Waals surface area contributed by atoms with Crippen molar-refractivity contribution in [3.63, 3.8) is 0 Å². The van der Waals surface area contributed by atoms with Crippen LogP contribution in [0.5, 0.6) is 5.75 Å². The van der Waals surface area contributed by atoms with Crippen LogP contribution in [0.25, 0.3) is 0 Å².